The molecule has 0 aromatic heterocycles. The molecular weight excluding hydrogens is 420 g/mol. The van der Waals surface area contributed by atoms with Crippen LogP contribution in [-0.2, 0) is 4.79 Å². The second-order valence-corrected chi connectivity index (χ2v) is 7.93. The number of thiocarbonyl (C=S) groups is 1. The van der Waals surface area contributed by atoms with Crippen LogP contribution in [0.4, 0.5) is 11.4 Å². The average molecular weight is 445 g/mol. The summed E-state index contributed by atoms with van der Waals surface area (Å²) in [5, 5.41) is 6.40. The Hall–Kier alpha value is -2.64. The zero-order valence-electron chi connectivity index (χ0n) is 17.1. The van der Waals surface area contributed by atoms with E-state index in [0.29, 0.717) is 43.3 Å². The molecule has 1 saturated heterocycles. The van der Waals surface area contributed by atoms with E-state index in [1.54, 1.807) is 13.0 Å². The predicted molar refractivity (Wildman–Crippen MR) is 125 cm³/mol. The van der Waals surface area contributed by atoms with E-state index in [0.717, 1.165) is 16.8 Å². The fourth-order valence-corrected chi connectivity index (χ4v) is 3.88. The van der Waals surface area contributed by atoms with Gasteiger partial charge in [0.15, 0.2) is 5.11 Å². The maximum atomic E-state index is 12.8. The van der Waals surface area contributed by atoms with Gasteiger partial charge in [-0.3, -0.25) is 9.59 Å². The third-order valence-electron chi connectivity index (χ3n) is 5.06. The predicted octanol–water partition coefficient (Wildman–Crippen LogP) is 3.83. The lowest BCUT2D eigenvalue weighted by atomic mass is 10.1. The Morgan fingerprint density at radius 2 is 1.80 bits per heavy atom. The SMILES string of the molecule is CCC(=O)NC(=S)Nc1ccc(N2CCN(C(=O)c3ccccc3C)CC2)c(Cl)c1. The van der Waals surface area contributed by atoms with Crippen molar-refractivity contribution in [2.24, 2.45) is 0 Å². The van der Waals surface area contributed by atoms with Crippen LogP contribution in [0, 0.1) is 6.92 Å². The maximum absolute atomic E-state index is 12.8. The van der Waals surface area contributed by atoms with Crippen molar-refractivity contribution in [3.8, 4) is 0 Å². The van der Waals surface area contributed by atoms with Crippen LogP contribution in [0.5, 0.6) is 0 Å². The van der Waals surface area contributed by atoms with E-state index in [-0.39, 0.29) is 16.9 Å². The van der Waals surface area contributed by atoms with Crippen LogP contribution >= 0.6 is 23.8 Å². The molecule has 0 bridgehead atoms. The van der Waals surface area contributed by atoms with Crippen molar-refractivity contribution in [1.82, 2.24) is 10.2 Å². The summed E-state index contributed by atoms with van der Waals surface area (Å²) in [6.45, 7) is 6.40. The van der Waals surface area contributed by atoms with E-state index in [1.807, 2.05) is 48.2 Å². The van der Waals surface area contributed by atoms with E-state index in [1.165, 1.54) is 0 Å². The molecule has 8 heteroatoms. The number of amides is 2. The Balaban J connectivity index is 1.60. The second-order valence-electron chi connectivity index (χ2n) is 7.12. The molecule has 0 unspecified atom stereocenters. The van der Waals surface area contributed by atoms with Crippen molar-refractivity contribution >= 4 is 52.1 Å². The summed E-state index contributed by atoms with van der Waals surface area (Å²) in [7, 11) is 0. The first-order valence-electron chi connectivity index (χ1n) is 9.89. The van der Waals surface area contributed by atoms with Gasteiger partial charge in [0.05, 0.1) is 10.7 Å². The zero-order chi connectivity index (χ0) is 21.7. The van der Waals surface area contributed by atoms with Crippen molar-refractivity contribution in [1.29, 1.82) is 0 Å². The average Bonchev–Trinajstić information content (AvgIpc) is 2.73. The van der Waals surface area contributed by atoms with Crippen LogP contribution in [0.15, 0.2) is 42.5 Å². The van der Waals surface area contributed by atoms with Gasteiger partial charge in [-0.1, -0.05) is 36.7 Å². The number of nitrogens with one attached hydrogen (secondary N) is 2. The first kappa shape index (κ1) is 22.1. The third kappa shape index (κ3) is 5.29. The first-order chi connectivity index (χ1) is 14.4. The normalized spacial score (nSPS) is 13.7. The van der Waals surface area contributed by atoms with Crippen LogP contribution in [0.3, 0.4) is 0 Å². The number of nitrogens with zero attached hydrogens (tertiary/aromatic N) is 2. The largest absolute Gasteiger partial charge is 0.367 e. The van der Waals surface area contributed by atoms with Gasteiger partial charge in [0.25, 0.3) is 5.91 Å². The molecule has 2 N–H and O–H groups in total. The Kier molecular flexibility index (Phi) is 7.29. The number of carbonyl (C=O) groups excluding carboxylic acids is 2. The number of rotatable bonds is 4. The minimum atomic E-state index is -0.145. The molecule has 1 heterocycles. The molecule has 158 valence electrons. The molecule has 1 aliphatic heterocycles. The van der Waals surface area contributed by atoms with E-state index in [9.17, 15) is 9.59 Å². The van der Waals surface area contributed by atoms with Gasteiger partial charge in [0, 0.05) is 43.9 Å². The fourth-order valence-electron chi connectivity index (χ4n) is 3.35. The molecule has 0 atom stereocenters. The van der Waals surface area contributed by atoms with Gasteiger partial charge in [-0.25, -0.2) is 0 Å². The summed E-state index contributed by atoms with van der Waals surface area (Å²) in [4.78, 5) is 28.3. The second kappa shape index (κ2) is 9.91. The van der Waals surface area contributed by atoms with Crippen molar-refractivity contribution in [3.05, 3.63) is 58.6 Å². The molecule has 2 aromatic carbocycles. The van der Waals surface area contributed by atoms with Crippen LogP contribution in [0.2, 0.25) is 5.02 Å². The molecule has 30 heavy (non-hydrogen) atoms. The van der Waals surface area contributed by atoms with Gasteiger partial charge >= 0.3 is 0 Å². The fraction of sp³-hybridized carbons (Fsp3) is 0.318. The first-order valence-corrected chi connectivity index (χ1v) is 10.7. The van der Waals surface area contributed by atoms with Crippen molar-refractivity contribution < 1.29 is 9.59 Å². The molecule has 0 aliphatic carbocycles. The minimum absolute atomic E-state index is 0.0704. The van der Waals surface area contributed by atoms with Crippen LogP contribution in [0.1, 0.15) is 29.3 Å². The Bertz CT molecular complexity index is 958. The monoisotopic (exact) mass is 444 g/mol. The topological polar surface area (TPSA) is 64.7 Å². The van der Waals surface area contributed by atoms with E-state index in [4.69, 9.17) is 23.8 Å². The Morgan fingerprint density at radius 1 is 1.10 bits per heavy atom. The van der Waals surface area contributed by atoms with Gasteiger partial charge in [-0.05, 0) is 49.0 Å². The molecule has 1 fully saturated rings. The highest BCUT2D eigenvalue weighted by Gasteiger charge is 2.24. The van der Waals surface area contributed by atoms with Crippen molar-refractivity contribution in [2.75, 3.05) is 36.4 Å². The highest BCUT2D eigenvalue weighted by molar-refractivity contribution is 7.80. The lowest BCUT2D eigenvalue weighted by molar-refractivity contribution is -0.119. The van der Waals surface area contributed by atoms with E-state index < -0.39 is 0 Å². The van der Waals surface area contributed by atoms with Crippen LogP contribution in [0.25, 0.3) is 0 Å². The Morgan fingerprint density at radius 3 is 2.43 bits per heavy atom. The Labute approximate surface area is 187 Å². The van der Waals surface area contributed by atoms with Gasteiger partial charge in [-0.15, -0.1) is 0 Å². The lowest BCUT2D eigenvalue weighted by Crippen LogP contribution is -2.49. The molecule has 1 aliphatic rings. The number of aryl methyl sites for hydroxylation is 1. The lowest BCUT2D eigenvalue weighted by Gasteiger charge is -2.36. The van der Waals surface area contributed by atoms with Crippen LogP contribution < -0.4 is 15.5 Å². The smallest absolute Gasteiger partial charge is 0.254 e. The number of anilines is 2. The highest BCUT2D eigenvalue weighted by atomic mass is 35.5. The zero-order valence-corrected chi connectivity index (χ0v) is 18.6. The number of halogens is 1. The molecule has 2 aromatic rings. The van der Waals surface area contributed by atoms with E-state index in [2.05, 4.69) is 15.5 Å². The summed E-state index contributed by atoms with van der Waals surface area (Å²) in [5.41, 5.74) is 3.36. The molecular formula is C22H25ClN4O2S. The summed E-state index contributed by atoms with van der Waals surface area (Å²) in [5.74, 6) is -0.0747. The number of benzene rings is 2. The van der Waals surface area contributed by atoms with Crippen molar-refractivity contribution in [2.45, 2.75) is 20.3 Å². The number of hydrogen-bond donors (Lipinski definition) is 2. The molecule has 3 rings (SSSR count). The quantitative estimate of drug-likeness (QED) is 0.701. The summed E-state index contributed by atoms with van der Waals surface area (Å²) >= 11 is 11.6. The van der Waals surface area contributed by atoms with Gasteiger partial charge in [-0.2, -0.15) is 0 Å². The molecule has 0 saturated carbocycles. The van der Waals surface area contributed by atoms with Gasteiger partial charge < -0.3 is 20.4 Å². The minimum Gasteiger partial charge on any atom is -0.367 e. The summed E-state index contributed by atoms with van der Waals surface area (Å²) < 4.78 is 0. The summed E-state index contributed by atoms with van der Waals surface area (Å²) in [6.07, 6.45) is 0.361. The third-order valence-corrected chi connectivity index (χ3v) is 5.57. The van der Waals surface area contributed by atoms with Crippen molar-refractivity contribution in [3.63, 3.8) is 0 Å². The van der Waals surface area contributed by atoms with Gasteiger partial charge in [0.1, 0.15) is 0 Å². The van der Waals surface area contributed by atoms with Gasteiger partial charge in [0.2, 0.25) is 5.91 Å². The molecule has 2 amide bonds. The maximum Gasteiger partial charge on any atom is 0.254 e. The highest BCUT2D eigenvalue weighted by Crippen LogP contribution is 2.30. The van der Waals surface area contributed by atoms with Crippen LogP contribution in [-0.4, -0.2) is 48.0 Å². The molecule has 0 radical (unpaired) electrons. The number of hydrogen-bond acceptors (Lipinski definition) is 4. The molecule has 6 nitrogen and oxygen atoms in total. The number of carbonyl (C=O) groups is 2. The standard InChI is InChI=1S/C22H25ClN4O2S/c1-3-20(28)25-22(30)24-16-8-9-19(18(23)14-16)26-10-12-27(13-11-26)21(29)17-7-5-4-6-15(17)2/h4-9,14H,3,10-13H2,1-2H3,(H2,24,25,28,30). The number of piperazine rings is 1. The summed E-state index contributed by atoms with van der Waals surface area (Å²) in [6, 6.07) is 13.2. The molecule has 0 spiro atoms. The van der Waals surface area contributed by atoms with E-state index >= 15 is 0 Å².